The van der Waals surface area contributed by atoms with Gasteiger partial charge in [-0.15, -0.1) is 11.3 Å². The number of amides is 1. The molecule has 1 heterocycles. The Morgan fingerprint density at radius 3 is 2.52 bits per heavy atom. The van der Waals surface area contributed by atoms with Crippen molar-refractivity contribution in [3.63, 3.8) is 0 Å². The molecule has 1 N–H and O–H groups in total. The molecule has 3 aromatic carbocycles. The molecule has 31 heavy (non-hydrogen) atoms. The van der Waals surface area contributed by atoms with Crippen molar-refractivity contribution in [3.05, 3.63) is 75.2 Å². The summed E-state index contributed by atoms with van der Waals surface area (Å²) in [5.41, 5.74) is 0.825. The van der Waals surface area contributed by atoms with E-state index in [2.05, 4.69) is 26.2 Å². The van der Waals surface area contributed by atoms with Gasteiger partial charge in [-0.1, -0.05) is 51.3 Å². The zero-order valence-electron chi connectivity index (χ0n) is 16.6. The molecular weight excluding hydrogens is 519 g/mol. The number of thiazole rings is 1. The molecule has 0 bridgehead atoms. The Morgan fingerprint density at radius 2 is 1.81 bits per heavy atom. The van der Waals surface area contributed by atoms with Crippen LogP contribution in [0, 0.1) is 0 Å². The lowest BCUT2D eigenvalue weighted by atomic mass is 10.1. The number of hydrogen-bond acceptors (Lipinski definition) is 4. The number of benzene rings is 3. The van der Waals surface area contributed by atoms with Gasteiger partial charge in [0.15, 0.2) is 5.60 Å². The van der Waals surface area contributed by atoms with Crippen LogP contribution in [0.25, 0.3) is 20.8 Å². The number of fused-ring (bicyclic) bond motifs is 1. The quantitative estimate of drug-likeness (QED) is 0.283. The lowest BCUT2D eigenvalue weighted by molar-refractivity contribution is -0.128. The van der Waals surface area contributed by atoms with E-state index in [1.165, 1.54) is 11.3 Å². The lowest BCUT2D eigenvalue weighted by Crippen LogP contribution is -2.42. The highest BCUT2D eigenvalue weighted by atomic mass is 79.9. The number of nitrogens with one attached hydrogen (secondary N) is 1. The number of anilines is 1. The summed E-state index contributed by atoms with van der Waals surface area (Å²) in [7, 11) is 0. The van der Waals surface area contributed by atoms with Gasteiger partial charge < -0.3 is 10.1 Å². The van der Waals surface area contributed by atoms with E-state index in [0.29, 0.717) is 32.1 Å². The van der Waals surface area contributed by atoms with Crippen LogP contribution in [0.3, 0.4) is 0 Å². The van der Waals surface area contributed by atoms with Gasteiger partial charge in [0.2, 0.25) is 0 Å². The predicted octanol–water partition coefficient (Wildman–Crippen LogP) is 7.83. The first kappa shape index (κ1) is 22.1. The van der Waals surface area contributed by atoms with E-state index in [1.54, 1.807) is 38.1 Å². The topological polar surface area (TPSA) is 51.2 Å². The van der Waals surface area contributed by atoms with Crippen LogP contribution < -0.4 is 10.1 Å². The van der Waals surface area contributed by atoms with E-state index >= 15 is 0 Å². The molecule has 8 heteroatoms. The highest BCUT2D eigenvalue weighted by Crippen LogP contribution is 2.40. The third-order valence-corrected chi connectivity index (χ3v) is 6.67. The summed E-state index contributed by atoms with van der Waals surface area (Å²) in [4.78, 5) is 17.8. The van der Waals surface area contributed by atoms with Gasteiger partial charge in [-0.05, 0) is 62.4 Å². The number of carbonyl (C=O) groups is 1. The third kappa shape index (κ3) is 4.88. The zero-order valence-corrected chi connectivity index (χ0v) is 20.5. The first-order valence-corrected chi connectivity index (χ1v) is 11.7. The predicted molar refractivity (Wildman–Crippen MR) is 133 cm³/mol. The van der Waals surface area contributed by atoms with Crippen LogP contribution >= 0.6 is 50.5 Å². The molecule has 0 atom stereocenters. The minimum atomic E-state index is -1.15. The summed E-state index contributed by atoms with van der Waals surface area (Å²) in [5, 5.41) is 4.43. The number of hydrogen-bond donors (Lipinski definition) is 1. The Morgan fingerprint density at radius 1 is 1.10 bits per heavy atom. The number of halogens is 3. The fourth-order valence-corrected chi connectivity index (χ4v) is 4.76. The monoisotopic (exact) mass is 534 g/mol. The van der Waals surface area contributed by atoms with Crippen molar-refractivity contribution >= 4 is 72.3 Å². The fourth-order valence-electron chi connectivity index (χ4n) is 2.96. The molecule has 0 saturated heterocycles. The van der Waals surface area contributed by atoms with Crippen LogP contribution in [-0.2, 0) is 4.79 Å². The second kappa shape index (κ2) is 8.79. The summed E-state index contributed by atoms with van der Waals surface area (Å²) in [6, 6.07) is 18.5. The molecule has 0 spiro atoms. The van der Waals surface area contributed by atoms with Gasteiger partial charge in [0.05, 0.1) is 20.9 Å². The summed E-state index contributed by atoms with van der Waals surface area (Å²) < 4.78 is 7.89. The molecule has 0 aliphatic carbocycles. The number of para-hydroxylation sites is 1. The number of ether oxygens (including phenoxy) is 1. The Kier molecular flexibility index (Phi) is 6.26. The zero-order chi connectivity index (χ0) is 22.2. The normalized spacial score (nSPS) is 11.5. The van der Waals surface area contributed by atoms with Crippen molar-refractivity contribution in [3.8, 4) is 16.3 Å². The molecule has 0 aliphatic heterocycles. The maximum atomic E-state index is 13.1. The molecule has 0 unspecified atom stereocenters. The summed E-state index contributed by atoms with van der Waals surface area (Å²) in [5.74, 6) is 0.235. The molecule has 4 aromatic rings. The van der Waals surface area contributed by atoms with Crippen LogP contribution in [0.1, 0.15) is 13.8 Å². The van der Waals surface area contributed by atoms with Gasteiger partial charge in [0.1, 0.15) is 10.8 Å². The molecule has 0 fully saturated rings. The Bertz CT molecular complexity index is 1240. The van der Waals surface area contributed by atoms with Gasteiger partial charge in [0.25, 0.3) is 5.91 Å². The van der Waals surface area contributed by atoms with Crippen molar-refractivity contribution in [2.75, 3.05) is 5.32 Å². The molecule has 1 aromatic heterocycles. The van der Waals surface area contributed by atoms with Crippen molar-refractivity contribution in [1.29, 1.82) is 0 Å². The van der Waals surface area contributed by atoms with Crippen molar-refractivity contribution in [2.24, 2.45) is 0 Å². The maximum absolute atomic E-state index is 13.1. The minimum Gasteiger partial charge on any atom is -0.478 e. The number of nitrogens with zero attached hydrogens (tertiary/aromatic N) is 1. The molecule has 0 saturated carbocycles. The van der Waals surface area contributed by atoms with E-state index in [0.717, 1.165) is 14.7 Å². The molecule has 4 rings (SSSR count). The summed E-state index contributed by atoms with van der Waals surface area (Å²) in [6.07, 6.45) is 0. The van der Waals surface area contributed by atoms with Gasteiger partial charge in [-0.3, -0.25) is 4.79 Å². The van der Waals surface area contributed by atoms with E-state index in [4.69, 9.17) is 27.9 Å². The van der Waals surface area contributed by atoms with Crippen LogP contribution in [0.15, 0.2) is 65.1 Å². The average Bonchev–Trinajstić information content (AvgIpc) is 3.15. The largest absolute Gasteiger partial charge is 0.478 e. The molecule has 4 nitrogen and oxygen atoms in total. The van der Waals surface area contributed by atoms with E-state index < -0.39 is 5.60 Å². The minimum absolute atomic E-state index is 0.328. The number of aromatic nitrogens is 1. The summed E-state index contributed by atoms with van der Waals surface area (Å²) in [6.45, 7) is 3.40. The molecule has 1 amide bonds. The maximum Gasteiger partial charge on any atom is 0.268 e. The van der Waals surface area contributed by atoms with Crippen LogP contribution in [0.5, 0.6) is 5.75 Å². The lowest BCUT2D eigenvalue weighted by Gasteiger charge is -2.26. The van der Waals surface area contributed by atoms with Crippen LogP contribution in [0.4, 0.5) is 5.69 Å². The van der Waals surface area contributed by atoms with Gasteiger partial charge in [0, 0.05) is 15.1 Å². The molecular formula is C23H17BrCl2N2O2S. The van der Waals surface area contributed by atoms with Gasteiger partial charge in [-0.2, -0.15) is 0 Å². The van der Waals surface area contributed by atoms with Gasteiger partial charge in [-0.25, -0.2) is 4.98 Å². The van der Waals surface area contributed by atoms with E-state index in [9.17, 15) is 4.79 Å². The van der Waals surface area contributed by atoms with Crippen LogP contribution in [-0.4, -0.2) is 16.5 Å². The van der Waals surface area contributed by atoms with Gasteiger partial charge >= 0.3 is 0 Å². The molecule has 0 radical (unpaired) electrons. The number of carbonyl (C=O) groups excluding carboxylic acids is 1. The Hall–Kier alpha value is -2.12. The SMILES string of the molecule is CC(C)(Oc1ccc(Br)cc1)C(=O)Nc1c(Cl)cc(Cl)cc1-c1nc2ccccc2s1. The van der Waals surface area contributed by atoms with Crippen molar-refractivity contribution in [1.82, 2.24) is 4.98 Å². The fraction of sp³-hybridized carbons (Fsp3) is 0.130. The second-order valence-electron chi connectivity index (χ2n) is 7.32. The smallest absolute Gasteiger partial charge is 0.268 e. The standard InChI is InChI=1S/C23H17BrCl2N2O2S/c1-23(2,30-15-9-7-13(24)8-10-15)22(29)28-20-16(11-14(25)12-17(20)26)21-27-18-5-3-4-6-19(18)31-21/h3-12H,1-2H3,(H,28,29). The Labute approximate surface area is 202 Å². The first-order chi connectivity index (χ1) is 14.7. The van der Waals surface area contributed by atoms with Crippen LogP contribution in [0.2, 0.25) is 10.0 Å². The summed E-state index contributed by atoms with van der Waals surface area (Å²) >= 11 is 17.6. The van der Waals surface area contributed by atoms with Crippen molar-refractivity contribution in [2.45, 2.75) is 19.4 Å². The number of rotatable bonds is 5. The van der Waals surface area contributed by atoms with E-state index in [1.807, 2.05) is 36.4 Å². The molecule has 0 aliphatic rings. The highest BCUT2D eigenvalue weighted by molar-refractivity contribution is 9.10. The van der Waals surface area contributed by atoms with Crippen molar-refractivity contribution < 1.29 is 9.53 Å². The second-order valence-corrected chi connectivity index (χ2v) is 10.1. The third-order valence-electron chi connectivity index (χ3n) is 4.55. The first-order valence-electron chi connectivity index (χ1n) is 9.34. The Balaban J connectivity index is 1.67. The van der Waals surface area contributed by atoms with E-state index in [-0.39, 0.29) is 5.91 Å². The highest BCUT2D eigenvalue weighted by Gasteiger charge is 2.31. The average molecular weight is 536 g/mol. The molecule has 158 valence electrons.